The highest BCUT2D eigenvalue weighted by molar-refractivity contribution is 7.09. The van der Waals surface area contributed by atoms with Crippen molar-refractivity contribution in [2.75, 3.05) is 0 Å². The Labute approximate surface area is 84.0 Å². The minimum absolute atomic E-state index is 0.367. The molecule has 72 valence electrons. The van der Waals surface area contributed by atoms with Crippen LogP contribution >= 0.6 is 11.3 Å². The average molecular weight is 195 g/mol. The zero-order valence-corrected chi connectivity index (χ0v) is 8.89. The zero-order chi connectivity index (χ0) is 9.26. The second kappa shape index (κ2) is 3.81. The van der Waals surface area contributed by atoms with Gasteiger partial charge in [0.05, 0.1) is 0 Å². The third-order valence-electron chi connectivity index (χ3n) is 3.06. The molecular formula is C11H17NS. The smallest absolute Gasteiger partial charge is 0.0116 e. The van der Waals surface area contributed by atoms with Crippen molar-refractivity contribution < 1.29 is 0 Å². The Bertz CT molecular complexity index is 251. The molecule has 0 aliphatic heterocycles. The van der Waals surface area contributed by atoms with Crippen LogP contribution in [0.2, 0.25) is 0 Å². The van der Waals surface area contributed by atoms with Crippen molar-refractivity contribution in [3.63, 3.8) is 0 Å². The van der Waals surface area contributed by atoms with E-state index in [9.17, 15) is 0 Å². The molecule has 1 aromatic rings. The second-order valence-electron chi connectivity index (χ2n) is 4.14. The van der Waals surface area contributed by atoms with Crippen LogP contribution in [0.4, 0.5) is 0 Å². The van der Waals surface area contributed by atoms with Crippen LogP contribution in [0.25, 0.3) is 0 Å². The van der Waals surface area contributed by atoms with Gasteiger partial charge in [0.1, 0.15) is 0 Å². The Kier molecular flexibility index (Phi) is 2.70. The van der Waals surface area contributed by atoms with Gasteiger partial charge in [0.15, 0.2) is 0 Å². The van der Waals surface area contributed by atoms with Crippen LogP contribution in [-0.2, 0) is 6.42 Å². The summed E-state index contributed by atoms with van der Waals surface area (Å²) >= 11 is 1.82. The fourth-order valence-corrected chi connectivity index (χ4v) is 2.60. The molecule has 1 aliphatic carbocycles. The van der Waals surface area contributed by atoms with E-state index in [-0.39, 0.29) is 0 Å². The molecule has 13 heavy (non-hydrogen) atoms. The number of nitrogens with two attached hydrogens (primary N) is 1. The van der Waals surface area contributed by atoms with E-state index < -0.39 is 0 Å². The van der Waals surface area contributed by atoms with Crippen molar-refractivity contribution in [2.45, 2.75) is 32.2 Å². The lowest BCUT2D eigenvalue weighted by molar-refractivity contribution is 0.406. The first-order valence-corrected chi connectivity index (χ1v) is 5.93. The predicted octanol–water partition coefficient (Wildman–Crippen LogP) is 2.66. The van der Waals surface area contributed by atoms with Gasteiger partial charge in [0.25, 0.3) is 0 Å². The van der Waals surface area contributed by atoms with E-state index in [0.717, 1.165) is 12.3 Å². The summed E-state index contributed by atoms with van der Waals surface area (Å²) in [5, 5.41) is 2.13. The molecule has 0 amide bonds. The van der Waals surface area contributed by atoms with Gasteiger partial charge in [-0.25, -0.2) is 0 Å². The van der Waals surface area contributed by atoms with Crippen LogP contribution < -0.4 is 5.73 Å². The fraction of sp³-hybridized carbons (Fsp3) is 0.636. The Hall–Kier alpha value is -0.340. The Balaban J connectivity index is 1.86. The molecule has 1 fully saturated rings. The summed E-state index contributed by atoms with van der Waals surface area (Å²) in [6.45, 7) is 2.30. The van der Waals surface area contributed by atoms with Gasteiger partial charge in [-0.1, -0.05) is 13.0 Å². The third kappa shape index (κ3) is 2.32. The normalized spacial score (nSPS) is 21.4. The monoisotopic (exact) mass is 195 g/mol. The summed E-state index contributed by atoms with van der Waals surface area (Å²) in [5.41, 5.74) is 6.16. The van der Waals surface area contributed by atoms with Gasteiger partial charge in [0.2, 0.25) is 0 Å². The van der Waals surface area contributed by atoms with Crippen LogP contribution in [-0.4, -0.2) is 6.04 Å². The van der Waals surface area contributed by atoms with E-state index in [0.29, 0.717) is 12.0 Å². The Morgan fingerprint density at radius 3 is 2.92 bits per heavy atom. The van der Waals surface area contributed by atoms with Crippen molar-refractivity contribution in [3.8, 4) is 0 Å². The Morgan fingerprint density at radius 2 is 2.38 bits per heavy atom. The second-order valence-corrected chi connectivity index (χ2v) is 5.18. The van der Waals surface area contributed by atoms with Crippen molar-refractivity contribution >= 4 is 11.3 Å². The van der Waals surface area contributed by atoms with E-state index in [1.165, 1.54) is 17.7 Å². The molecule has 2 unspecified atom stereocenters. The van der Waals surface area contributed by atoms with Crippen LogP contribution in [0.5, 0.6) is 0 Å². The van der Waals surface area contributed by atoms with Crippen molar-refractivity contribution in [1.29, 1.82) is 0 Å². The fourth-order valence-electron chi connectivity index (χ4n) is 1.82. The van der Waals surface area contributed by atoms with Crippen molar-refractivity contribution in [2.24, 2.45) is 17.6 Å². The highest BCUT2D eigenvalue weighted by Gasteiger charge is 2.31. The number of hydrogen-bond acceptors (Lipinski definition) is 2. The maximum Gasteiger partial charge on any atom is 0.0116 e. The van der Waals surface area contributed by atoms with Gasteiger partial charge in [-0.05, 0) is 42.5 Å². The van der Waals surface area contributed by atoms with Crippen molar-refractivity contribution in [1.82, 2.24) is 0 Å². The van der Waals surface area contributed by atoms with Crippen LogP contribution in [0.1, 0.15) is 24.6 Å². The van der Waals surface area contributed by atoms with Crippen LogP contribution in [0, 0.1) is 11.8 Å². The molecule has 0 radical (unpaired) electrons. The summed E-state index contributed by atoms with van der Waals surface area (Å²) in [4.78, 5) is 1.43. The standard InChI is InChI=1S/C11H17NS/c1-8(9-4-5-9)11(12)7-10-3-2-6-13-10/h2-3,6,8-9,11H,4-5,7,12H2,1H3. The van der Waals surface area contributed by atoms with Gasteiger partial charge in [-0.3, -0.25) is 0 Å². The van der Waals surface area contributed by atoms with Gasteiger partial charge >= 0.3 is 0 Å². The summed E-state index contributed by atoms with van der Waals surface area (Å²) < 4.78 is 0. The van der Waals surface area contributed by atoms with E-state index in [1.54, 1.807) is 0 Å². The SMILES string of the molecule is CC(C(N)Cc1cccs1)C1CC1. The molecule has 2 heteroatoms. The molecular weight excluding hydrogens is 178 g/mol. The largest absolute Gasteiger partial charge is 0.327 e. The first-order valence-electron chi connectivity index (χ1n) is 5.05. The summed E-state index contributed by atoms with van der Waals surface area (Å²) in [6.07, 6.45) is 3.87. The summed E-state index contributed by atoms with van der Waals surface area (Å²) in [7, 11) is 0. The average Bonchev–Trinajstić information content (AvgIpc) is 2.85. The number of hydrogen-bond donors (Lipinski definition) is 1. The first kappa shape index (κ1) is 9.22. The zero-order valence-electron chi connectivity index (χ0n) is 8.07. The third-order valence-corrected chi connectivity index (χ3v) is 3.96. The lowest BCUT2D eigenvalue weighted by Gasteiger charge is -2.18. The summed E-state index contributed by atoms with van der Waals surface area (Å²) in [6, 6.07) is 4.66. The quantitative estimate of drug-likeness (QED) is 0.785. The molecule has 2 N–H and O–H groups in total. The van der Waals surface area contributed by atoms with E-state index in [2.05, 4.69) is 24.4 Å². The van der Waals surface area contributed by atoms with Crippen LogP contribution in [0.3, 0.4) is 0 Å². The predicted molar refractivity (Wildman–Crippen MR) is 57.9 cm³/mol. The molecule has 1 aromatic heterocycles. The van der Waals surface area contributed by atoms with Crippen molar-refractivity contribution in [3.05, 3.63) is 22.4 Å². The Morgan fingerprint density at radius 1 is 1.62 bits per heavy atom. The van der Waals surface area contributed by atoms with E-state index >= 15 is 0 Å². The minimum atomic E-state index is 0.367. The molecule has 0 aromatic carbocycles. The molecule has 0 saturated heterocycles. The molecule has 0 bridgehead atoms. The van der Waals surface area contributed by atoms with E-state index in [1.807, 2.05) is 11.3 Å². The maximum absolute atomic E-state index is 6.16. The molecule has 2 rings (SSSR count). The first-order chi connectivity index (χ1) is 6.27. The molecule has 1 nitrogen and oxygen atoms in total. The van der Waals surface area contributed by atoms with E-state index in [4.69, 9.17) is 5.73 Å². The topological polar surface area (TPSA) is 26.0 Å². The minimum Gasteiger partial charge on any atom is -0.327 e. The molecule has 1 saturated carbocycles. The molecule has 2 atom stereocenters. The molecule has 1 aliphatic rings. The van der Waals surface area contributed by atoms with Crippen LogP contribution in [0.15, 0.2) is 17.5 Å². The number of rotatable bonds is 4. The maximum atomic E-state index is 6.16. The van der Waals surface area contributed by atoms with Gasteiger partial charge < -0.3 is 5.73 Å². The highest BCUT2D eigenvalue weighted by atomic mass is 32.1. The van der Waals surface area contributed by atoms with Gasteiger partial charge in [0, 0.05) is 10.9 Å². The highest BCUT2D eigenvalue weighted by Crippen LogP contribution is 2.38. The molecule has 1 heterocycles. The lowest BCUT2D eigenvalue weighted by atomic mass is 9.94. The number of thiophene rings is 1. The summed E-state index contributed by atoms with van der Waals surface area (Å²) in [5.74, 6) is 1.64. The lowest BCUT2D eigenvalue weighted by Crippen LogP contribution is -2.31. The van der Waals surface area contributed by atoms with Gasteiger partial charge in [-0.15, -0.1) is 11.3 Å². The van der Waals surface area contributed by atoms with Gasteiger partial charge in [-0.2, -0.15) is 0 Å². The molecule has 0 spiro atoms.